The summed E-state index contributed by atoms with van der Waals surface area (Å²) < 4.78 is 14.8. The van der Waals surface area contributed by atoms with E-state index < -0.39 is 0 Å². The van der Waals surface area contributed by atoms with Crippen molar-refractivity contribution < 1.29 is 9.18 Å². The predicted octanol–water partition coefficient (Wildman–Crippen LogP) is 3.52. The Morgan fingerprint density at radius 1 is 0.917 bits per heavy atom. The van der Waals surface area contributed by atoms with Crippen molar-refractivity contribution in [2.24, 2.45) is 0 Å². The lowest BCUT2D eigenvalue weighted by atomic mass is 10.1. The largest absolute Gasteiger partial charge is 0.355 e. The maximum Gasteiger partial charge on any atom is 0.224 e. The van der Waals surface area contributed by atoms with Gasteiger partial charge in [0.25, 0.3) is 0 Å². The molecule has 3 nitrogen and oxygen atoms in total. The molecule has 122 valence electrons. The van der Waals surface area contributed by atoms with Crippen LogP contribution in [0.2, 0.25) is 0 Å². The van der Waals surface area contributed by atoms with Crippen LogP contribution in [0.15, 0.2) is 73.1 Å². The summed E-state index contributed by atoms with van der Waals surface area (Å²) in [6.07, 6.45) is 5.02. The third kappa shape index (κ3) is 4.32. The molecule has 0 radical (unpaired) electrons. The minimum atomic E-state index is -0.244. The van der Waals surface area contributed by atoms with Crippen LogP contribution in [0, 0.1) is 5.82 Å². The minimum absolute atomic E-state index is 0.00849. The number of nitrogens with zero attached hydrogens (tertiary/aromatic N) is 1. The Labute approximate surface area is 140 Å². The Morgan fingerprint density at radius 3 is 2.21 bits per heavy atom. The molecule has 0 saturated carbocycles. The fourth-order valence-corrected chi connectivity index (χ4v) is 2.54. The summed E-state index contributed by atoms with van der Waals surface area (Å²) in [5.41, 5.74) is 3.05. The zero-order chi connectivity index (χ0) is 16.8. The topological polar surface area (TPSA) is 34.0 Å². The second-order valence-electron chi connectivity index (χ2n) is 5.66. The van der Waals surface area contributed by atoms with Crippen molar-refractivity contribution in [3.63, 3.8) is 0 Å². The molecule has 0 unspecified atom stereocenters. The molecule has 0 bridgehead atoms. The monoisotopic (exact) mass is 322 g/mol. The average Bonchev–Trinajstić information content (AvgIpc) is 3.12. The van der Waals surface area contributed by atoms with Gasteiger partial charge in [-0.05, 0) is 53.9 Å². The van der Waals surface area contributed by atoms with Crippen LogP contribution in [0.1, 0.15) is 11.1 Å². The van der Waals surface area contributed by atoms with Crippen LogP contribution in [-0.4, -0.2) is 17.0 Å². The highest BCUT2D eigenvalue weighted by molar-refractivity contribution is 5.78. The Hall–Kier alpha value is -2.88. The molecular formula is C20H19FN2O. The van der Waals surface area contributed by atoms with E-state index in [1.165, 1.54) is 12.1 Å². The van der Waals surface area contributed by atoms with Crippen molar-refractivity contribution in [1.82, 2.24) is 9.88 Å². The first-order valence-corrected chi connectivity index (χ1v) is 7.94. The van der Waals surface area contributed by atoms with Gasteiger partial charge in [-0.2, -0.15) is 0 Å². The minimum Gasteiger partial charge on any atom is -0.355 e. The number of carbonyl (C=O) groups is 1. The van der Waals surface area contributed by atoms with Crippen LogP contribution >= 0.6 is 0 Å². The third-order valence-corrected chi connectivity index (χ3v) is 3.85. The van der Waals surface area contributed by atoms with E-state index in [1.54, 1.807) is 12.1 Å². The maximum absolute atomic E-state index is 12.8. The molecular weight excluding hydrogens is 303 g/mol. The second kappa shape index (κ2) is 7.59. The van der Waals surface area contributed by atoms with Gasteiger partial charge in [-0.3, -0.25) is 4.79 Å². The third-order valence-electron chi connectivity index (χ3n) is 3.85. The summed E-state index contributed by atoms with van der Waals surface area (Å²) in [5.74, 6) is -0.253. The van der Waals surface area contributed by atoms with Crippen molar-refractivity contribution in [1.29, 1.82) is 0 Å². The Bertz CT molecular complexity index is 778. The highest BCUT2D eigenvalue weighted by Crippen LogP contribution is 2.10. The summed E-state index contributed by atoms with van der Waals surface area (Å²) in [6.45, 7) is 0.548. The summed E-state index contributed by atoms with van der Waals surface area (Å²) in [7, 11) is 0. The molecule has 24 heavy (non-hydrogen) atoms. The summed E-state index contributed by atoms with van der Waals surface area (Å²) in [6, 6.07) is 18.2. The van der Waals surface area contributed by atoms with E-state index in [-0.39, 0.29) is 11.7 Å². The lowest BCUT2D eigenvalue weighted by Gasteiger charge is -2.07. The number of hydrogen-bond acceptors (Lipinski definition) is 1. The summed E-state index contributed by atoms with van der Waals surface area (Å²) >= 11 is 0. The van der Waals surface area contributed by atoms with Crippen molar-refractivity contribution in [2.75, 3.05) is 6.54 Å². The lowest BCUT2D eigenvalue weighted by Crippen LogP contribution is -2.27. The standard InChI is InChI=1S/C20H19FN2O/c21-18-7-3-16(4-8-18)11-12-22-20(24)15-17-5-9-19(10-6-17)23-13-1-2-14-23/h1-10,13-14H,11-12,15H2,(H,22,24). The number of carbonyl (C=O) groups excluding carboxylic acids is 1. The Balaban J connectivity index is 1.47. The maximum atomic E-state index is 12.8. The quantitative estimate of drug-likeness (QED) is 0.740. The van der Waals surface area contributed by atoms with E-state index in [0.29, 0.717) is 19.4 Å². The van der Waals surface area contributed by atoms with Gasteiger partial charge in [0, 0.05) is 24.6 Å². The molecule has 3 rings (SSSR count). The lowest BCUT2D eigenvalue weighted by molar-refractivity contribution is -0.120. The summed E-state index contributed by atoms with van der Waals surface area (Å²) in [5, 5.41) is 2.90. The molecule has 2 aromatic carbocycles. The molecule has 0 atom stereocenters. The van der Waals surface area contributed by atoms with Gasteiger partial charge in [-0.25, -0.2) is 4.39 Å². The molecule has 0 fully saturated rings. The van der Waals surface area contributed by atoms with Gasteiger partial charge in [0.15, 0.2) is 0 Å². The van der Waals surface area contributed by atoms with Gasteiger partial charge < -0.3 is 9.88 Å². The Kier molecular flexibility index (Phi) is 5.06. The molecule has 0 spiro atoms. The van der Waals surface area contributed by atoms with Gasteiger partial charge in [-0.15, -0.1) is 0 Å². The van der Waals surface area contributed by atoms with Crippen LogP contribution in [0.5, 0.6) is 0 Å². The molecule has 4 heteroatoms. The van der Waals surface area contributed by atoms with Crippen LogP contribution in [0.25, 0.3) is 5.69 Å². The number of halogens is 1. The van der Waals surface area contributed by atoms with E-state index in [2.05, 4.69) is 5.32 Å². The van der Waals surface area contributed by atoms with Gasteiger partial charge >= 0.3 is 0 Å². The fourth-order valence-electron chi connectivity index (χ4n) is 2.54. The average molecular weight is 322 g/mol. The van der Waals surface area contributed by atoms with Crippen molar-refractivity contribution >= 4 is 5.91 Å². The van der Waals surface area contributed by atoms with Gasteiger partial charge in [-0.1, -0.05) is 24.3 Å². The van der Waals surface area contributed by atoms with Crippen LogP contribution in [0.3, 0.4) is 0 Å². The van der Waals surface area contributed by atoms with Crippen molar-refractivity contribution in [3.8, 4) is 5.69 Å². The summed E-state index contributed by atoms with van der Waals surface area (Å²) in [4.78, 5) is 12.0. The van der Waals surface area contributed by atoms with E-state index in [1.807, 2.05) is 53.4 Å². The first-order valence-electron chi connectivity index (χ1n) is 7.94. The predicted molar refractivity (Wildman–Crippen MR) is 92.6 cm³/mol. The van der Waals surface area contributed by atoms with E-state index in [4.69, 9.17) is 0 Å². The normalized spacial score (nSPS) is 10.5. The van der Waals surface area contributed by atoms with E-state index in [9.17, 15) is 9.18 Å². The number of rotatable bonds is 6. The number of amides is 1. The molecule has 1 heterocycles. The van der Waals surface area contributed by atoms with Gasteiger partial charge in [0.1, 0.15) is 5.82 Å². The molecule has 0 aliphatic carbocycles. The number of hydrogen-bond donors (Lipinski definition) is 1. The molecule has 3 aromatic rings. The van der Waals surface area contributed by atoms with Gasteiger partial charge in [0.05, 0.1) is 6.42 Å². The Morgan fingerprint density at radius 2 is 1.54 bits per heavy atom. The van der Waals surface area contributed by atoms with Crippen molar-refractivity contribution in [2.45, 2.75) is 12.8 Å². The smallest absolute Gasteiger partial charge is 0.224 e. The first kappa shape index (κ1) is 16.0. The SMILES string of the molecule is O=C(Cc1ccc(-n2cccc2)cc1)NCCc1ccc(F)cc1. The zero-order valence-corrected chi connectivity index (χ0v) is 13.3. The number of benzene rings is 2. The first-order chi connectivity index (χ1) is 11.7. The van der Waals surface area contributed by atoms with Crippen LogP contribution in [0.4, 0.5) is 4.39 Å². The van der Waals surface area contributed by atoms with E-state index in [0.717, 1.165) is 16.8 Å². The molecule has 1 amide bonds. The van der Waals surface area contributed by atoms with E-state index >= 15 is 0 Å². The number of aromatic nitrogens is 1. The molecule has 0 saturated heterocycles. The number of nitrogens with one attached hydrogen (secondary N) is 1. The highest BCUT2D eigenvalue weighted by atomic mass is 19.1. The van der Waals surface area contributed by atoms with Gasteiger partial charge in [0.2, 0.25) is 5.91 Å². The second-order valence-corrected chi connectivity index (χ2v) is 5.66. The molecule has 0 aliphatic rings. The molecule has 1 aromatic heterocycles. The van der Waals surface area contributed by atoms with Crippen molar-refractivity contribution in [3.05, 3.63) is 90.0 Å². The molecule has 1 N–H and O–H groups in total. The zero-order valence-electron chi connectivity index (χ0n) is 13.3. The van der Waals surface area contributed by atoms with Crippen LogP contribution in [-0.2, 0) is 17.6 Å². The van der Waals surface area contributed by atoms with Crippen LogP contribution < -0.4 is 5.32 Å². The highest BCUT2D eigenvalue weighted by Gasteiger charge is 2.04. The fraction of sp³-hybridized carbons (Fsp3) is 0.150. The molecule has 0 aliphatic heterocycles.